The van der Waals surface area contributed by atoms with Crippen LogP contribution in [-0.2, 0) is 10.0 Å². The van der Waals surface area contributed by atoms with Crippen LogP contribution in [0, 0.1) is 13.8 Å². The van der Waals surface area contributed by atoms with Crippen LogP contribution < -0.4 is 10.5 Å². The molecule has 0 saturated heterocycles. The Kier molecular flexibility index (Phi) is 3.32. The van der Waals surface area contributed by atoms with Crippen molar-refractivity contribution in [2.24, 2.45) is 0 Å². The molecule has 0 unspecified atom stereocenters. The maximum Gasteiger partial charge on any atom is 0.271 e. The van der Waals surface area contributed by atoms with Gasteiger partial charge in [0, 0.05) is 5.69 Å². The highest BCUT2D eigenvalue weighted by Gasteiger charge is 2.16. The Morgan fingerprint density at radius 2 is 1.94 bits per heavy atom. The van der Waals surface area contributed by atoms with Gasteiger partial charge in [0.2, 0.25) is 0 Å². The zero-order chi connectivity index (χ0) is 13.3. The topological polar surface area (TPSA) is 72.2 Å². The summed E-state index contributed by atoms with van der Waals surface area (Å²) in [6, 6.07) is 6.80. The zero-order valence-electron chi connectivity index (χ0n) is 10.1. The number of anilines is 2. The maximum absolute atomic E-state index is 12.1. The second-order valence-corrected chi connectivity index (χ2v) is 6.86. The molecule has 1 aromatic carbocycles. The zero-order valence-corrected chi connectivity index (χ0v) is 11.7. The summed E-state index contributed by atoms with van der Waals surface area (Å²) < 4.78 is 27.0. The van der Waals surface area contributed by atoms with Gasteiger partial charge in [0.15, 0.2) is 0 Å². The largest absolute Gasteiger partial charge is 0.398 e. The Balaban J connectivity index is 2.39. The van der Waals surface area contributed by atoms with Crippen LogP contribution in [0.2, 0.25) is 0 Å². The van der Waals surface area contributed by atoms with E-state index in [0.29, 0.717) is 15.6 Å². The van der Waals surface area contributed by atoms with Crippen molar-refractivity contribution in [1.82, 2.24) is 0 Å². The lowest BCUT2D eigenvalue weighted by atomic mass is 10.1. The second kappa shape index (κ2) is 4.62. The van der Waals surface area contributed by atoms with Crippen molar-refractivity contribution in [3.8, 4) is 0 Å². The number of nitrogens with two attached hydrogens (primary N) is 1. The monoisotopic (exact) mass is 282 g/mol. The second-order valence-electron chi connectivity index (χ2n) is 4.01. The smallest absolute Gasteiger partial charge is 0.271 e. The minimum Gasteiger partial charge on any atom is -0.398 e. The molecule has 1 heterocycles. The summed E-state index contributed by atoms with van der Waals surface area (Å²) in [5.41, 5.74) is 8.70. The molecular formula is C12H14N2O2S2. The van der Waals surface area contributed by atoms with E-state index in [-0.39, 0.29) is 0 Å². The predicted molar refractivity (Wildman–Crippen MR) is 75.5 cm³/mol. The van der Waals surface area contributed by atoms with Crippen molar-refractivity contribution < 1.29 is 8.42 Å². The van der Waals surface area contributed by atoms with Gasteiger partial charge in [0.25, 0.3) is 10.0 Å². The molecule has 0 amide bonds. The van der Waals surface area contributed by atoms with Gasteiger partial charge in [-0.05, 0) is 42.5 Å². The van der Waals surface area contributed by atoms with E-state index in [1.54, 1.807) is 36.6 Å². The molecule has 0 radical (unpaired) electrons. The Morgan fingerprint density at radius 3 is 2.56 bits per heavy atom. The molecule has 1 aromatic heterocycles. The highest BCUT2D eigenvalue weighted by Crippen LogP contribution is 2.27. The highest BCUT2D eigenvalue weighted by atomic mass is 32.2. The summed E-state index contributed by atoms with van der Waals surface area (Å²) in [5, 5.41) is 1.73. The number of thiophene rings is 1. The fourth-order valence-electron chi connectivity index (χ4n) is 1.59. The van der Waals surface area contributed by atoms with Crippen LogP contribution in [0.3, 0.4) is 0 Å². The molecule has 3 N–H and O–H groups in total. The van der Waals surface area contributed by atoms with Gasteiger partial charge in [-0.3, -0.25) is 4.72 Å². The molecular weight excluding hydrogens is 268 g/mol. The Hall–Kier alpha value is -1.53. The van der Waals surface area contributed by atoms with E-state index in [9.17, 15) is 8.42 Å². The molecule has 0 spiro atoms. The first-order valence-corrected chi connectivity index (χ1v) is 7.70. The molecule has 0 aliphatic carbocycles. The molecule has 0 fully saturated rings. The van der Waals surface area contributed by atoms with Gasteiger partial charge in [0.1, 0.15) is 4.21 Å². The minimum atomic E-state index is -3.51. The van der Waals surface area contributed by atoms with E-state index < -0.39 is 10.0 Å². The number of hydrogen-bond acceptors (Lipinski definition) is 4. The summed E-state index contributed by atoms with van der Waals surface area (Å²) in [7, 11) is -3.51. The molecule has 2 rings (SSSR count). The SMILES string of the molecule is Cc1ccc(NS(=O)(=O)c2cccs2)c(C)c1N. The first-order valence-electron chi connectivity index (χ1n) is 5.34. The summed E-state index contributed by atoms with van der Waals surface area (Å²) in [6.45, 7) is 3.69. The lowest BCUT2D eigenvalue weighted by Crippen LogP contribution is -2.13. The Bertz CT molecular complexity index is 662. The van der Waals surface area contributed by atoms with Crippen LogP contribution >= 0.6 is 11.3 Å². The third-order valence-corrected chi connectivity index (χ3v) is 5.50. The number of hydrogen-bond donors (Lipinski definition) is 2. The van der Waals surface area contributed by atoms with Crippen molar-refractivity contribution in [3.63, 3.8) is 0 Å². The summed E-state index contributed by atoms with van der Waals surface area (Å²) in [6.07, 6.45) is 0. The van der Waals surface area contributed by atoms with Crippen LogP contribution in [-0.4, -0.2) is 8.42 Å². The van der Waals surface area contributed by atoms with E-state index in [4.69, 9.17) is 5.73 Å². The minimum absolute atomic E-state index is 0.293. The van der Waals surface area contributed by atoms with Crippen LogP contribution in [0.25, 0.3) is 0 Å². The standard InChI is InChI=1S/C12H14N2O2S2/c1-8-5-6-10(9(2)12(8)13)14-18(15,16)11-4-3-7-17-11/h3-7,14H,13H2,1-2H3. The molecule has 6 heteroatoms. The highest BCUT2D eigenvalue weighted by molar-refractivity contribution is 7.94. The quantitative estimate of drug-likeness (QED) is 0.850. The van der Waals surface area contributed by atoms with Crippen LogP contribution in [0.4, 0.5) is 11.4 Å². The average molecular weight is 282 g/mol. The number of sulfonamides is 1. The van der Waals surface area contributed by atoms with Crippen molar-refractivity contribution in [2.75, 3.05) is 10.5 Å². The Morgan fingerprint density at radius 1 is 1.22 bits per heavy atom. The van der Waals surface area contributed by atoms with Crippen LogP contribution in [0.15, 0.2) is 33.9 Å². The first-order chi connectivity index (χ1) is 8.42. The molecule has 18 heavy (non-hydrogen) atoms. The predicted octanol–water partition coefficient (Wildman–Crippen LogP) is 2.75. The van der Waals surface area contributed by atoms with Gasteiger partial charge in [0.05, 0.1) is 5.69 Å². The molecule has 0 saturated carbocycles. The number of benzene rings is 1. The molecule has 0 aliphatic heterocycles. The van der Waals surface area contributed by atoms with Crippen molar-refractivity contribution in [2.45, 2.75) is 18.1 Å². The van der Waals surface area contributed by atoms with Gasteiger partial charge in [-0.2, -0.15) is 0 Å². The summed E-state index contributed by atoms with van der Waals surface area (Å²) in [5.74, 6) is 0. The van der Waals surface area contributed by atoms with E-state index in [0.717, 1.165) is 11.1 Å². The van der Waals surface area contributed by atoms with Crippen molar-refractivity contribution in [1.29, 1.82) is 0 Å². The summed E-state index contributed by atoms with van der Waals surface area (Å²) >= 11 is 1.18. The average Bonchev–Trinajstić information content (AvgIpc) is 2.84. The van der Waals surface area contributed by atoms with Crippen LogP contribution in [0.5, 0.6) is 0 Å². The molecule has 96 valence electrons. The first kappa shape index (κ1) is 12.9. The van der Waals surface area contributed by atoms with E-state index in [2.05, 4.69) is 4.72 Å². The fraction of sp³-hybridized carbons (Fsp3) is 0.167. The molecule has 0 atom stereocenters. The lowest BCUT2D eigenvalue weighted by Gasteiger charge is -2.12. The normalized spacial score (nSPS) is 11.4. The molecule has 4 nitrogen and oxygen atoms in total. The van der Waals surface area contributed by atoms with Gasteiger partial charge in [-0.25, -0.2) is 8.42 Å². The number of nitrogens with one attached hydrogen (secondary N) is 1. The fourth-order valence-corrected chi connectivity index (χ4v) is 3.70. The third-order valence-electron chi connectivity index (χ3n) is 2.74. The van der Waals surface area contributed by atoms with Gasteiger partial charge >= 0.3 is 0 Å². The maximum atomic E-state index is 12.1. The molecule has 2 aromatic rings. The molecule has 0 bridgehead atoms. The van der Waals surface area contributed by atoms with Gasteiger partial charge in [-0.15, -0.1) is 11.3 Å². The number of nitrogen functional groups attached to an aromatic ring is 1. The Labute approximate surface area is 111 Å². The van der Waals surface area contributed by atoms with Gasteiger partial charge in [-0.1, -0.05) is 12.1 Å². The van der Waals surface area contributed by atoms with Gasteiger partial charge < -0.3 is 5.73 Å². The van der Waals surface area contributed by atoms with Crippen LogP contribution in [0.1, 0.15) is 11.1 Å². The van der Waals surface area contributed by atoms with Crippen molar-refractivity contribution in [3.05, 3.63) is 40.8 Å². The third kappa shape index (κ3) is 2.34. The molecule has 0 aliphatic rings. The summed E-state index contributed by atoms with van der Waals surface area (Å²) in [4.78, 5) is 0. The van der Waals surface area contributed by atoms with E-state index in [1.165, 1.54) is 11.3 Å². The van der Waals surface area contributed by atoms with E-state index in [1.807, 2.05) is 6.92 Å². The van der Waals surface area contributed by atoms with E-state index >= 15 is 0 Å². The van der Waals surface area contributed by atoms with Crippen molar-refractivity contribution >= 4 is 32.7 Å². The number of aryl methyl sites for hydroxylation is 1. The lowest BCUT2D eigenvalue weighted by molar-refractivity contribution is 0.603. The number of rotatable bonds is 3.